The van der Waals surface area contributed by atoms with Gasteiger partial charge in [0.05, 0.1) is 11.9 Å². The van der Waals surface area contributed by atoms with Crippen LogP contribution in [0.4, 0.5) is 0 Å². The SMILES string of the molecule is COc1ccc2c(c1)[C@H](Br)CC[C@H](Br)C2=O. The van der Waals surface area contributed by atoms with E-state index in [2.05, 4.69) is 31.9 Å². The van der Waals surface area contributed by atoms with Gasteiger partial charge in [-0.3, -0.25) is 4.79 Å². The first-order valence-corrected chi connectivity index (χ1v) is 6.97. The lowest BCUT2D eigenvalue weighted by atomic mass is 10.0. The zero-order chi connectivity index (χ0) is 11.7. The summed E-state index contributed by atoms with van der Waals surface area (Å²) in [7, 11) is 1.64. The van der Waals surface area contributed by atoms with E-state index in [1.54, 1.807) is 7.11 Å². The molecule has 1 aliphatic carbocycles. The Bertz CT molecular complexity index is 417. The molecule has 0 saturated heterocycles. The van der Waals surface area contributed by atoms with Crippen LogP contribution in [-0.4, -0.2) is 17.7 Å². The van der Waals surface area contributed by atoms with Crippen LogP contribution < -0.4 is 4.74 Å². The molecule has 0 saturated carbocycles. The van der Waals surface area contributed by atoms with Crippen molar-refractivity contribution in [2.24, 2.45) is 0 Å². The molecular weight excluding hydrogens is 336 g/mol. The van der Waals surface area contributed by atoms with Crippen molar-refractivity contribution < 1.29 is 9.53 Å². The molecule has 16 heavy (non-hydrogen) atoms. The fraction of sp³-hybridized carbons (Fsp3) is 0.417. The van der Waals surface area contributed by atoms with Gasteiger partial charge in [0.15, 0.2) is 5.78 Å². The highest BCUT2D eigenvalue weighted by molar-refractivity contribution is 9.10. The number of methoxy groups -OCH3 is 1. The molecule has 0 N–H and O–H groups in total. The van der Waals surface area contributed by atoms with Gasteiger partial charge in [0.1, 0.15) is 5.75 Å². The lowest BCUT2D eigenvalue weighted by Gasteiger charge is -2.11. The lowest BCUT2D eigenvalue weighted by molar-refractivity contribution is 0.0990. The van der Waals surface area contributed by atoms with Crippen LogP contribution in [0.5, 0.6) is 5.75 Å². The summed E-state index contributed by atoms with van der Waals surface area (Å²) < 4.78 is 5.19. The minimum absolute atomic E-state index is 0.0674. The third kappa shape index (κ3) is 2.18. The second-order valence-corrected chi connectivity index (χ2v) is 6.04. The van der Waals surface area contributed by atoms with Crippen LogP contribution in [-0.2, 0) is 0 Å². The molecule has 1 aliphatic rings. The maximum Gasteiger partial charge on any atom is 0.176 e. The Morgan fingerprint density at radius 2 is 1.94 bits per heavy atom. The fourth-order valence-electron chi connectivity index (χ4n) is 1.90. The Hall–Kier alpha value is -0.350. The highest BCUT2D eigenvalue weighted by atomic mass is 79.9. The van der Waals surface area contributed by atoms with Crippen molar-refractivity contribution in [1.29, 1.82) is 0 Å². The minimum atomic E-state index is -0.0674. The molecule has 0 amide bonds. The first-order valence-electron chi connectivity index (χ1n) is 5.13. The van der Waals surface area contributed by atoms with Crippen molar-refractivity contribution in [3.05, 3.63) is 29.3 Å². The Morgan fingerprint density at radius 1 is 1.25 bits per heavy atom. The van der Waals surface area contributed by atoms with Crippen LogP contribution in [0.25, 0.3) is 0 Å². The van der Waals surface area contributed by atoms with Gasteiger partial charge in [0.2, 0.25) is 0 Å². The minimum Gasteiger partial charge on any atom is -0.497 e. The van der Waals surface area contributed by atoms with Crippen molar-refractivity contribution in [3.63, 3.8) is 0 Å². The van der Waals surface area contributed by atoms with Gasteiger partial charge < -0.3 is 4.74 Å². The van der Waals surface area contributed by atoms with E-state index < -0.39 is 0 Å². The summed E-state index contributed by atoms with van der Waals surface area (Å²) in [4.78, 5) is 12.2. The monoisotopic (exact) mass is 346 g/mol. The van der Waals surface area contributed by atoms with Crippen LogP contribution >= 0.6 is 31.9 Å². The summed E-state index contributed by atoms with van der Waals surface area (Å²) in [6.07, 6.45) is 1.80. The standard InChI is InChI=1S/C12H12Br2O2/c1-16-7-2-3-8-9(6-7)10(13)4-5-11(14)12(8)15/h2-3,6,10-11H,4-5H2,1H3/t10-,11+/m1/s1. The first kappa shape index (κ1) is 12.1. The van der Waals surface area contributed by atoms with Gasteiger partial charge in [-0.25, -0.2) is 0 Å². The number of halogens is 2. The summed E-state index contributed by atoms with van der Waals surface area (Å²) in [5.41, 5.74) is 1.83. The smallest absolute Gasteiger partial charge is 0.176 e. The van der Waals surface area contributed by atoms with Gasteiger partial charge in [-0.2, -0.15) is 0 Å². The summed E-state index contributed by atoms with van der Waals surface area (Å²) >= 11 is 7.06. The maximum atomic E-state index is 12.1. The Labute approximate surface area is 112 Å². The van der Waals surface area contributed by atoms with E-state index in [0.717, 1.165) is 29.7 Å². The van der Waals surface area contributed by atoms with Gasteiger partial charge in [0.25, 0.3) is 0 Å². The van der Waals surface area contributed by atoms with E-state index in [9.17, 15) is 4.79 Å². The number of carbonyl (C=O) groups is 1. The number of Topliss-reactive ketones (excluding diaryl/α,β-unsaturated/α-hetero) is 1. The van der Waals surface area contributed by atoms with E-state index in [-0.39, 0.29) is 15.4 Å². The number of rotatable bonds is 1. The van der Waals surface area contributed by atoms with Crippen LogP contribution in [0.3, 0.4) is 0 Å². The highest BCUT2D eigenvalue weighted by Crippen LogP contribution is 2.38. The summed E-state index contributed by atoms with van der Waals surface area (Å²) in [6, 6.07) is 5.63. The van der Waals surface area contributed by atoms with Crippen molar-refractivity contribution in [2.45, 2.75) is 22.5 Å². The van der Waals surface area contributed by atoms with E-state index in [0.29, 0.717) is 0 Å². The molecule has 86 valence electrons. The van der Waals surface area contributed by atoms with Gasteiger partial charge in [-0.1, -0.05) is 31.9 Å². The van der Waals surface area contributed by atoms with Crippen LogP contribution in [0, 0.1) is 0 Å². The Kier molecular flexibility index (Phi) is 3.70. The van der Waals surface area contributed by atoms with Gasteiger partial charge in [-0.15, -0.1) is 0 Å². The number of hydrogen-bond acceptors (Lipinski definition) is 2. The predicted molar refractivity (Wildman–Crippen MR) is 70.9 cm³/mol. The number of carbonyl (C=O) groups excluding carboxylic acids is 1. The average Bonchev–Trinajstić information content (AvgIpc) is 2.42. The quantitative estimate of drug-likeness (QED) is 0.569. The number of fused-ring (bicyclic) bond motifs is 1. The maximum absolute atomic E-state index is 12.1. The number of benzene rings is 1. The third-order valence-electron chi connectivity index (χ3n) is 2.82. The number of hydrogen-bond donors (Lipinski definition) is 0. The summed E-state index contributed by atoms with van der Waals surface area (Å²) in [6.45, 7) is 0. The molecule has 0 spiro atoms. The average molecular weight is 348 g/mol. The highest BCUT2D eigenvalue weighted by Gasteiger charge is 2.27. The number of ether oxygens (including phenoxy) is 1. The molecule has 0 unspecified atom stereocenters. The molecular formula is C12H12Br2O2. The van der Waals surface area contributed by atoms with Gasteiger partial charge in [-0.05, 0) is 36.6 Å². The first-order chi connectivity index (χ1) is 7.63. The second kappa shape index (κ2) is 4.88. The van der Waals surface area contributed by atoms with Crippen LogP contribution in [0.2, 0.25) is 0 Å². The lowest BCUT2D eigenvalue weighted by Crippen LogP contribution is -2.12. The van der Waals surface area contributed by atoms with E-state index in [1.165, 1.54) is 0 Å². The molecule has 4 heteroatoms. The molecule has 0 heterocycles. The van der Waals surface area contributed by atoms with E-state index >= 15 is 0 Å². The molecule has 2 rings (SSSR count). The normalized spacial score (nSPS) is 24.8. The second-order valence-electron chi connectivity index (χ2n) is 3.83. The van der Waals surface area contributed by atoms with Crippen LogP contribution in [0.1, 0.15) is 33.6 Å². The van der Waals surface area contributed by atoms with E-state index in [1.807, 2.05) is 18.2 Å². The third-order valence-corrected chi connectivity index (χ3v) is 4.64. The number of ketones is 1. The number of alkyl halides is 2. The van der Waals surface area contributed by atoms with E-state index in [4.69, 9.17) is 4.74 Å². The van der Waals surface area contributed by atoms with Crippen LogP contribution in [0.15, 0.2) is 18.2 Å². The molecule has 1 aromatic carbocycles. The van der Waals surface area contributed by atoms with Crippen molar-refractivity contribution in [2.75, 3.05) is 7.11 Å². The zero-order valence-electron chi connectivity index (χ0n) is 8.87. The molecule has 2 nitrogen and oxygen atoms in total. The molecule has 1 aromatic rings. The molecule has 0 fully saturated rings. The molecule has 0 bridgehead atoms. The molecule has 2 atom stereocenters. The fourth-order valence-corrected chi connectivity index (χ4v) is 3.05. The Morgan fingerprint density at radius 3 is 2.62 bits per heavy atom. The summed E-state index contributed by atoms with van der Waals surface area (Å²) in [5.74, 6) is 0.962. The zero-order valence-corrected chi connectivity index (χ0v) is 12.0. The molecule has 0 aromatic heterocycles. The largest absolute Gasteiger partial charge is 0.497 e. The predicted octanol–water partition coefficient (Wildman–Crippen LogP) is 3.87. The Balaban J connectivity index is 2.51. The van der Waals surface area contributed by atoms with Crippen molar-refractivity contribution in [1.82, 2.24) is 0 Å². The topological polar surface area (TPSA) is 26.3 Å². The molecule has 0 radical (unpaired) electrons. The van der Waals surface area contributed by atoms with Crippen molar-refractivity contribution in [3.8, 4) is 5.75 Å². The van der Waals surface area contributed by atoms with Crippen molar-refractivity contribution >= 4 is 37.6 Å². The summed E-state index contributed by atoms with van der Waals surface area (Å²) in [5, 5.41) is 0. The molecule has 0 aliphatic heterocycles. The van der Waals surface area contributed by atoms with Gasteiger partial charge in [0, 0.05) is 10.4 Å². The van der Waals surface area contributed by atoms with Gasteiger partial charge >= 0.3 is 0 Å².